The molecule has 104 valence electrons. The molecule has 20 heavy (non-hydrogen) atoms. The summed E-state index contributed by atoms with van der Waals surface area (Å²) in [6.07, 6.45) is 0. The molecule has 7 heteroatoms. The number of hydrogen-bond acceptors (Lipinski definition) is 4. The Morgan fingerprint density at radius 3 is 2.30 bits per heavy atom. The quantitative estimate of drug-likeness (QED) is 0.581. The van der Waals surface area contributed by atoms with Crippen molar-refractivity contribution in [1.82, 2.24) is 0 Å². The summed E-state index contributed by atoms with van der Waals surface area (Å²) >= 11 is 13.6. The number of halogens is 2. The number of hydrogen-bond donors (Lipinski definition) is 0. The lowest BCUT2D eigenvalue weighted by molar-refractivity contribution is -0.384. The number of ether oxygens (including phenoxy) is 1. The Kier molecular flexibility index (Phi) is 4.75. The summed E-state index contributed by atoms with van der Waals surface area (Å²) in [7, 11) is 1.51. The van der Waals surface area contributed by atoms with Gasteiger partial charge in [-0.15, -0.1) is 0 Å². The number of nitro benzene ring substituents is 1. The molecule has 0 radical (unpaired) electrons. The van der Waals surface area contributed by atoms with E-state index < -0.39 is 4.92 Å². The van der Waals surface area contributed by atoms with E-state index in [9.17, 15) is 10.1 Å². The summed E-state index contributed by atoms with van der Waals surface area (Å²) in [5.41, 5.74) is 0.0493. The maximum atomic E-state index is 10.6. The fraction of sp³-hybridized carbons (Fsp3) is 0.0769. The van der Waals surface area contributed by atoms with E-state index in [0.29, 0.717) is 15.8 Å². The molecule has 0 aliphatic rings. The maximum absolute atomic E-state index is 10.6. The largest absolute Gasteiger partial charge is 0.495 e. The van der Waals surface area contributed by atoms with Crippen molar-refractivity contribution in [2.24, 2.45) is 0 Å². The van der Waals surface area contributed by atoms with E-state index in [0.717, 1.165) is 9.79 Å². The molecule has 0 N–H and O–H groups in total. The highest BCUT2D eigenvalue weighted by molar-refractivity contribution is 7.99. The average molecular weight is 330 g/mol. The number of benzene rings is 2. The van der Waals surface area contributed by atoms with Crippen LogP contribution >= 0.6 is 35.0 Å². The predicted molar refractivity (Wildman–Crippen MR) is 80.2 cm³/mol. The molecule has 2 aromatic rings. The second kappa shape index (κ2) is 6.35. The lowest BCUT2D eigenvalue weighted by atomic mass is 10.3. The Balaban J connectivity index is 2.26. The molecule has 4 nitrogen and oxygen atoms in total. The molecular formula is C13H9Cl2NO3S. The van der Waals surface area contributed by atoms with Gasteiger partial charge in [-0.3, -0.25) is 10.1 Å². The predicted octanol–water partition coefficient (Wildman–Crippen LogP) is 5.06. The van der Waals surface area contributed by atoms with Gasteiger partial charge in [-0.05, 0) is 24.3 Å². The molecule has 0 saturated carbocycles. The van der Waals surface area contributed by atoms with Crippen molar-refractivity contribution in [2.75, 3.05) is 7.11 Å². The van der Waals surface area contributed by atoms with Crippen LogP contribution < -0.4 is 4.74 Å². The third kappa shape index (κ3) is 3.17. The van der Waals surface area contributed by atoms with Gasteiger partial charge in [0.05, 0.1) is 17.1 Å². The fourth-order valence-electron chi connectivity index (χ4n) is 1.51. The summed E-state index contributed by atoms with van der Waals surface area (Å²) in [6, 6.07) is 9.73. The first kappa shape index (κ1) is 15.0. The first-order valence-electron chi connectivity index (χ1n) is 5.47. The minimum atomic E-state index is -0.439. The van der Waals surface area contributed by atoms with E-state index in [2.05, 4.69) is 0 Å². The van der Waals surface area contributed by atoms with Crippen molar-refractivity contribution >= 4 is 40.7 Å². The van der Waals surface area contributed by atoms with Crippen molar-refractivity contribution in [1.29, 1.82) is 0 Å². The van der Waals surface area contributed by atoms with Crippen molar-refractivity contribution in [3.05, 3.63) is 56.6 Å². The van der Waals surface area contributed by atoms with Gasteiger partial charge in [0.1, 0.15) is 10.8 Å². The van der Waals surface area contributed by atoms with Crippen molar-refractivity contribution < 1.29 is 9.66 Å². The number of rotatable bonds is 4. The third-order valence-electron chi connectivity index (χ3n) is 2.51. The Bertz CT molecular complexity index is 647. The van der Waals surface area contributed by atoms with Crippen LogP contribution in [0, 0.1) is 10.1 Å². The summed E-state index contributed by atoms with van der Waals surface area (Å²) < 4.78 is 5.07. The lowest BCUT2D eigenvalue weighted by Crippen LogP contribution is -1.87. The Hall–Kier alpha value is -1.43. The molecular weight excluding hydrogens is 321 g/mol. The van der Waals surface area contributed by atoms with Gasteiger partial charge in [0.25, 0.3) is 5.69 Å². The maximum Gasteiger partial charge on any atom is 0.269 e. The fourth-order valence-corrected chi connectivity index (χ4v) is 2.94. The average Bonchev–Trinajstić information content (AvgIpc) is 2.45. The van der Waals surface area contributed by atoms with Crippen molar-refractivity contribution in [2.45, 2.75) is 9.79 Å². The van der Waals surface area contributed by atoms with Crippen LogP contribution in [0.2, 0.25) is 10.0 Å². The van der Waals surface area contributed by atoms with Gasteiger partial charge in [-0.25, -0.2) is 0 Å². The molecule has 0 saturated heterocycles. The molecule has 0 aliphatic carbocycles. The summed E-state index contributed by atoms with van der Waals surface area (Å²) in [5.74, 6) is 0.504. The third-order valence-corrected chi connectivity index (χ3v) is 4.55. The highest BCUT2D eigenvalue weighted by Crippen LogP contribution is 2.41. The molecule has 2 rings (SSSR count). The smallest absolute Gasteiger partial charge is 0.269 e. The number of nitrogens with zero attached hydrogens (tertiary/aromatic N) is 1. The Morgan fingerprint density at radius 2 is 1.75 bits per heavy atom. The van der Waals surface area contributed by atoms with Crippen LogP contribution in [0.3, 0.4) is 0 Å². The molecule has 0 unspecified atom stereocenters. The van der Waals surface area contributed by atoms with E-state index in [-0.39, 0.29) is 5.69 Å². The molecule has 0 atom stereocenters. The zero-order valence-corrected chi connectivity index (χ0v) is 12.6. The second-order valence-electron chi connectivity index (χ2n) is 3.75. The van der Waals surface area contributed by atoms with Gasteiger partial charge in [0.15, 0.2) is 0 Å². The standard InChI is InChI=1S/C13H9Cl2NO3S/c1-19-10-6-7-11(13(15)12(10)14)20-9-4-2-8(3-5-9)16(17)18/h2-7H,1H3. The monoisotopic (exact) mass is 329 g/mol. The highest BCUT2D eigenvalue weighted by atomic mass is 35.5. The topological polar surface area (TPSA) is 52.4 Å². The van der Waals surface area contributed by atoms with Crippen LogP contribution in [0.5, 0.6) is 5.75 Å². The van der Waals surface area contributed by atoms with Crippen LogP contribution in [0.4, 0.5) is 5.69 Å². The lowest BCUT2D eigenvalue weighted by Gasteiger charge is -2.09. The van der Waals surface area contributed by atoms with Gasteiger partial charge < -0.3 is 4.74 Å². The Labute approximate surface area is 129 Å². The molecule has 0 fully saturated rings. The van der Waals surface area contributed by atoms with Crippen LogP contribution in [0.25, 0.3) is 0 Å². The van der Waals surface area contributed by atoms with E-state index in [1.165, 1.54) is 31.0 Å². The number of non-ortho nitro benzene ring substituents is 1. The first-order valence-corrected chi connectivity index (χ1v) is 7.04. The zero-order valence-electron chi connectivity index (χ0n) is 10.3. The van der Waals surface area contributed by atoms with Gasteiger partial charge in [0.2, 0.25) is 0 Å². The Morgan fingerprint density at radius 1 is 1.10 bits per heavy atom. The number of methoxy groups -OCH3 is 1. The highest BCUT2D eigenvalue weighted by Gasteiger charge is 2.12. The van der Waals surface area contributed by atoms with Gasteiger partial charge in [0, 0.05) is 21.9 Å². The normalized spacial score (nSPS) is 10.3. The molecule has 2 aromatic carbocycles. The molecule has 0 heterocycles. The number of nitro groups is 1. The van der Waals surface area contributed by atoms with Crippen LogP contribution in [-0.4, -0.2) is 12.0 Å². The summed E-state index contributed by atoms with van der Waals surface area (Å²) in [5, 5.41) is 11.3. The first-order chi connectivity index (χ1) is 9.52. The van der Waals surface area contributed by atoms with Crippen LogP contribution in [0.1, 0.15) is 0 Å². The minimum Gasteiger partial charge on any atom is -0.495 e. The van der Waals surface area contributed by atoms with E-state index in [1.807, 2.05) is 0 Å². The second-order valence-corrected chi connectivity index (χ2v) is 5.62. The van der Waals surface area contributed by atoms with Crippen LogP contribution in [0.15, 0.2) is 46.2 Å². The molecule has 0 amide bonds. The van der Waals surface area contributed by atoms with Crippen molar-refractivity contribution in [3.63, 3.8) is 0 Å². The van der Waals surface area contributed by atoms with E-state index in [4.69, 9.17) is 27.9 Å². The summed E-state index contributed by atoms with van der Waals surface area (Å²) in [6.45, 7) is 0. The molecule has 0 aliphatic heterocycles. The molecule has 0 bridgehead atoms. The van der Waals surface area contributed by atoms with Crippen molar-refractivity contribution in [3.8, 4) is 5.75 Å². The summed E-state index contributed by atoms with van der Waals surface area (Å²) in [4.78, 5) is 11.7. The van der Waals surface area contributed by atoms with Crippen LogP contribution in [-0.2, 0) is 0 Å². The minimum absolute atomic E-state index is 0.0493. The zero-order chi connectivity index (χ0) is 14.7. The van der Waals surface area contributed by atoms with Gasteiger partial charge in [-0.2, -0.15) is 0 Å². The van der Waals surface area contributed by atoms with E-state index >= 15 is 0 Å². The molecule has 0 aromatic heterocycles. The van der Waals surface area contributed by atoms with E-state index in [1.54, 1.807) is 24.3 Å². The van der Waals surface area contributed by atoms with Gasteiger partial charge in [-0.1, -0.05) is 35.0 Å². The molecule has 0 spiro atoms. The SMILES string of the molecule is COc1ccc(Sc2ccc([N+](=O)[O-])cc2)c(Cl)c1Cl. The van der Waals surface area contributed by atoms with Gasteiger partial charge >= 0.3 is 0 Å².